The predicted molar refractivity (Wildman–Crippen MR) is 91.5 cm³/mol. The molecule has 7 nitrogen and oxygen atoms in total. The van der Waals surface area contributed by atoms with Gasteiger partial charge < -0.3 is 24.2 Å². The van der Waals surface area contributed by atoms with Gasteiger partial charge in [-0.2, -0.15) is 0 Å². The Hall–Kier alpha value is -1.67. The topological polar surface area (TPSA) is 71.5 Å². The Bertz CT molecular complexity index is 550. The first-order chi connectivity index (χ1) is 12.1. The fourth-order valence-electron chi connectivity index (χ4n) is 3.00. The number of β-amino-alcohol motifs (C(OH)–C–C–N with tert-alkyl or cyclic N) is 1. The lowest BCUT2D eigenvalue weighted by atomic mass is 10.1. The van der Waals surface area contributed by atoms with Crippen LogP contribution in [0.25, 0.3) is 0 Å². The number of hydrogen-bond acceptors (Lipinski definition) is 6. The molecule has 0 spiro atoms. The second-order valence-electron chi connectivity index (χ2n) is 6.58. The quantitative estimate of drug-likeness (QED) is 0.805. The molecule has 1 amide bonds. The molecular weight excluding hydrogens is 324 g/mol. The minimum absolute atomic E-state index is 0.00513. The van der Waals surface area contributed by atoms with Crippen LogP contribution in [-0.4, -0.2) is 92.2 Å². The lowest BCUT2D eigenvalue weighted by Gasteiger charge is -2.33. The van der Waals surface area contributed by atoms with Crippen LogP contribution in [0.3, 0.4) is 0 Å². The minimum atomic E-state index is -1.22. The van der Waals surface area contributed by atoms with E-state index in [2.05, 4.69) is 4.90 Å². The highest BCUT2D eigenvalue weighted by molar-refractivity contribution is 5.78. The summed E-state index contributed by atoms with van der Waals surface area (Å²) in [4.78, 5) is 16.4. The SMILES string of the molecule is O=C(CN1CCOCC1)N1CCOC[C@@](O)(COc2ccccc2)C1. The Kier molecular flexibility index (Phi) is 6.25. The maximum Gasteiger partial charge on any atom is 0.236 e. The van der Waals surface area contributed by atoms with Gasteiger partial charge in [0.2, 0.25) is 5.91 Å². The molecule has 0 saturated carbocycles. The molecule has 7 heteroatoms. The summed E-state index contributed by atoms with van der Waals surface area (Å²) in [7, 11) is 0. The van der Waals surface area contributed by atoms with Crippen molar-refractivity contribution < 1.29 is 24.1 Å². The highest BCUT2D eigenvalue weighted by Gasteiger charge is 2.35. The lowest BCUT2D eigenvalue weighted by molar-refractivity contribution is -0.137. The standard InChI is InChI=1S/C18H26N2O5/c21-17(12-19-6-9-23-10-7-19)20-8-11-24-14-18(22,13-20)15-25-16-4-2-1-3-5-16/h1-5,22H,6-15H2/t18-/m1/s1. The number of benzene rings is 1. The maximum absolute atomic E-state index is 12.6. The third-order valence-electron chi connectivity index (χ3n) is 4.43. The summed E-state index contributed by atoms with van der Waals surface area (Å²) in [6, 6.07) is 9.33. The fourth-order valence-corrected chi connectivity index (χ4v) is 3.00. The van der Waals surface area contributed by atoms with Crippen LogP contribution >= 0.6 is 0 Å². The van der Waals surface area contributed by atoms with Crippen molar-refractivity contribution in [3.8, 4) is 5.75 Å². The van der Waals surface area contributed by atoms with Gasteiger partial charge in [0.05, 0.1) is 39.5 Å². The molecule has 3 rings (SSSR count). The van der Waals surface area contributed by atoms with E-state index < -0.39 is 5.60 Å². The number of carbonyl (C=O) groups excluding carboxylic acids is 1. The zero-order chi connectivity index (χ0) is 17.5. The molecule has 2 fully saturated rings. The van der Waals surface area contributed by atoms with Crippen molar-refractivity contribution >= 4 is 5.91 Å². The average Bonchev–Trinajstić information content (AvgIpc) is 2.84. The number of hydrogen-bond donors (Lipinski definition) is 1. The van der Waals surface area contributed by atoms with E-state index in [9.17, 15) is 9.90 Å². The minimum Gasteiger partial charge on any atom is -0.490 e. The molecule has 0 aromatic heterocycles. The number of amides is 1. The first-order valence-electron chi connectivity index (χ1n) is 8.70. The van der Waals surface area contributed by atoms with Gasteiger partial charge in [0.25, 0.3) is 0 Å². The lowest BCUT2D eigenvalue weighted by Crippen LogP contribution is -2.52. The van der Waals surface area contributed by atoms with Crippen molar-refractivity contribution in [1.29, 1.82) is 0 Å². The van der Waals surface area contributed by atoms with Crippen LogP contribution in [-0.2, 0) is 14.3 Å². The van der Waals surface area contributed by atoms with Gasteiger partial charge in [0.1, 0.15) is 18.0 Å². The number of aliphatic hydroxyl groups is 1. The van der Waals surface area contributed by atoms with Crippen LogP contribution in [0.5, 0.6) is 5.75 Å². The number of nitrogens with zero attached hydrogens (tertiary/aromatic N) is 2. The van der Waals surface area contributed by atoms with E-state index in [1.165, 1.54) is 0 Å². The van der Waals surface area contributed by atoms with Crippen LogP contribution in [0.15, 0.2) is 30.3 Å². The zero-order valence-corrected chi connectivity index (χ0v) is 14.4. The van der Waals surface area contributed by atoms with Crippen LogP contribution < -0.4 is 4.74 Å². The van der Waals surface area contributed by atoms with E-state index in [0.29, 0.717) is 38.7 Å². The summed E-state index contributed by atoms with van der Waals surface area (Å²) in [5.74, 6) is 0.692. The van der Waals surface area contributed by atoms with Crippen molar-refractivity contribution in [3.63, 3.8) is 0 Å². The van der Waals surface area contributed by atoms with E-state index >= 15 is 0 Å². The second kappa shape index (κ2) is 8.62. The maximum atomic E-state index is 12.6. The van der Waals surface area contributed by atoms with Gasteiger partial charge in [-0.15, -0.1) is 0 Å². The van der Waals surface area contributed by atoms with Gasteiger partial charge in [-0.1, -0.05) is 18.2 Å². The largest absolute Gasteiger partial charge is 0.490 e. The van der Waals surface area contributed by atoms with E-state index in [0.717, 1.165) is 13.1 Å². The molecule has 2 aliphatic rings. The molecule has 0 bridgehead atoms. The van der Waals surface area contributed by atoms with E-state index in [1.807, 2.05) is 30.3 Å². The highest BCUT2D eigenvalue weighted by Crippen LogP contribution is 2.17. The van der Waals surface area contributed by atoms with Crippen molar-refractivity contribution in [2.45, 2.75) is 5.60 Å². The number of ether oxygens (including phenoxy) is 3. The van der Waals surface area contributed by atoms with Crippen LogP contribution in [0.2, 0.25) is 0 Å². The first-order valence-corrected chi connectivity index (χ1v) is 8.70. The molecule has 0 radical (unpaired) electrons. The fraction of sp³-hybridized carbons (Fsp3) is 0.611. The van der Waals surface area contributed by atoms with Crippen molar-refractivity contribution in [3.05, 3.63) is 30.3 Å². The van der Waals surface area contributed by atoms with Crippen LogP contribution in [0.4, 0.5) is 0 Å². The van der Waals surface area contributed by atoms with Crippen molar-refractivity contribution in [1.82, 2.24) is 9.80 Å². The van der Waals surface area contributed by atoms with Gasteiger partial charge in [0.15, 0.2) is 0 Å². The molecular formula is C18H26N2O5. The van der Waals surface area contributed by atoms with Gasteiger partial charge in [0, 0.05) is 19.6 Å². The number of carbonyl (C=O) groups is 1. The Morgan fingerprint density at radius 1 is 1.12 bits per heavy atom. The molecule has 1 atom stereocenters. The smallest absolute Gasteiger partial charge is 0.236 e. The van der Waals surface area contributed by atoms with Gasteiger partial charge >= 0.3 is 0 Å². The number of para-hydroxylation sites is 1. The van der Waals surface area contributed by atoms with Gasteiger partial charge in [-0.3, -0.25) is 9.69 Å². The zero-order valence-electron chi connectivity index (χ0n) is 14.4. The Morgan fingerprint density at radius 2 is 1.84 bits per heavy atom. The average molecular weight is 350 g/mol. The molecule has 2 heterocycles. The van der Waals surface area contributed by atoms with Crippen molar-refractivity contribution in [2.24, 2.45) is 0 Å². The summed E-state index contributed by atoms with van der Waals surface area (Å²) in [6.45, 7) is 4.53. The second-order valence-corrected chi connectivity index (χ2v) is 6.58. The van der Waals surface area contributed by atoms with E-state index in [1.54, 1.807) is 4.90 Å². The molecule has 1 aromatic carbocycles. The Morgan fingerprint density at radius 3 is 2.60 bits per heavy atom. The first kappa shape index (κ1) is 18.1. The van der Waals surface area contributed by atoms with E-state index in [4.69, 9.17) is 14.2 Å². The third kappa shape index (κ3) is 5.40. The molecule has 2 saturated heterocycles. The monoisotopic (exact) mass is 350 g/mol. The molecule has 1 aromatic rings. The predicted octanol–water partition coefficient (Wildman–Crippen LogP) is -0.0125. The highest BCUT2D eigenvalue weighted by atomic mass is 16.5. The Labute approximate surface area is 148 Å². The summed E-state index contributed by atoms with van der Waals surface area (Å²) in [5.41, 5.74) is -1.22. The van der Waals surface area contributed by atoms with Crippen LogP contribution in [0, 0.1) is 0 Å². The van der Waals surface area contributed by atoms with Crippen LogP contribution in [0.1, 0.15) is 0 Å². The number of morpholine rings is 1. The van der Waals surface area contributed by atoms with E-state index in [-0.39, 0.29) is 25.7 Å². The normalized spacial score (nSPS) is 25.4. The Balaban J connectivity index is 1.56. The molecule has 25 heavy (non-hydrogen) atoms. The van der Waals surface area contributed by atoms with Gasteiger partial charge in [-0.05, 0) is 12.1 Å². The summed E-state index contributed by atoms with van der Waals surface area (Å²) < 4.78 is 16.5. The number of rotatable bonds is 5. The molecule has 0 aliphatic carbocycles. The summed E-state index contributed by atoms with van der Waals surface area (Å²) in [5, 5.41) is 10.9. The summed E-state index contributed by atoms with van der Waals surface area (Å²) >= 11 is 0. The van der Waals surface area contributed by atoms with Crippen molar-refractivity contribution in [2.75, 3.05) is 65.8 Å². The molecule has 1 N–H and O–H groups in total. The summed E-state index contributed by atoms with van der Waals surface area (Å²) in [6.07, 6.45) is 0. The molecule has 138 valence electrons. The third-order valence-corrected chi connectivity index (χ3v) is 4.43. The molecule has 0 unspecified atom stereocenters. The van der Waals surface area contributed by atoms with Gasteiger partial charge in [-0.25, -0.2) is 0 Å². The molecule has 2 aliphatic heterocycles.